The molecule has 2 aromatic rings. The second-order valence-electron chi connectivity index (χ2n) is 6.88. The molecular formula is C20H19FN4O5. The van der Waals surface area contributed by atoms with E-state index >= 15 is 4.39 Å². The summed E-state index contributed by atoms with van der Waals surface area (Å²) in [6.07, 6.45) is -0.429. The maximum atomic E-state index is 15.1. The third-order valence-corrected chi connectivity index (χ3v) is 5.08. The molecule has 30 heavy (non-hydrogen) atoms. The lowest BCUT2D eigenvalue weighted by atomic mass is 10.0. The predicted molar refractivity (Wildman–Crippen MR) is 104 cm³/mol. The van der Waals surface area contributed by atoms with Crippen LogP contribution in [0.4, 0.5) is 25.5 Å². The minimum atomic E-state index is -0.746. The van der Waals surface area contributed by atoms with E-state index < -0.39 is 24.2 Å². The van der Waals surface area contributed by atoms with E-state index in [4.69, 9.17) is 9.47 Å². The molecule has 0 unspecified atom stereocenters. The molecule has 9 nitrogen and oxygen atoms in total. The number of anilines is 2. The Balaban J connectivity index is 1.63. The van der Waals surface area contributed by atoms with Gasteiger partial charge in [0.25, 0.3) is 0 Å². The topological polar surface area (TPSA) is 92.3 Å². The molecule has 0 N–H and O–H groups in total. The van der Waals surface area contributed by atoms with Gasteiger partial charge in [0.15, 0.2) is 6.23 Å². The van der Waals surface area contributed by atoms with Gasteiger partial charge in [-0.15, -0.1) is 0 Å². The minimum absolute atomic E-state index is 0.0888. The second kappa shape index (κ2) is 7.62. The monoisotopic (exact) mass is 414 g/mol. The number of pyridine rings is 1. The minimum Gasteiger partial charge on any atom is -0.447 e. The number of likely N-dealkylation sites (N-methyl/N-ethyl adjacent to an activating group) is 1. The molecule has 2 saturated heterocycles. The number of amides is 3. The highest BCUT2D eigenvalue weighted by atomic mass is 19.1. The summed E-state index contributed by atoms with van der Waals surface area (Å²) in [5.41, 5.74) is 0.955. The fourth-order valence-electron chi connectivity index (χ4n) is 3.36. The van der Waals surface area contributed by atoms with Gasteiger partial charge in [-0.2, -0.15) is 0 Å². The van der Waals surface area contributed by atoms with Gasteiger partial charge in [0.2, 0.25) is 5.91 Å². The average Bonchev–Trinajstić information content (AvgIpc) is 3.32. The van der Waals surface area contributed by atoms with Crippen molar-refractivity contribution in [2.45, 2.75) is 13.2 Å². The smallest absolute Gasteiger partial charge is 0.416 e. The molecular weight excluding hydrogens is 395 g/mol. The first-order valence-corrected chi connectivity index (χ1v) is 9.27. The van der Waals surface area contributed by atoms with Crippen LogP contribution in [0.1, 0.15) is 6.92 Å². The van der Waals surface area contributed by atoms with E-state index in [0.29, 0.717) is 23.6 Å². The fraction of sp³-hybridized carbons (Fsp3) is 0.300. The number of ether oxygens (including phenoxy) is 2. The van der Waals surface area contributed by atoms with Crippen LogP contribution in [-0.4, -0.2) is 60.9 Å². The van der Waals surface area contributed by atoms with Crippen molar-refractivity contribution in [3.05, 3.63) is 42.3 Å². The van der Waals surface area contributed by atoms with Crippen LogP contribution in [-0.2, 0) is 14.3 Å². The van der Waals surface area contributed by atoms with Crippen molar-refractivity contribution in [3.8, 4) is 11.1 Å². The number of hydrogen-bond acceptors (Lipinski definition) is 6. The third-order valence-electron chi connectivity index (χ3n) is 5.08. The van der Waals surface area contributed by atoms with Gasteiger partial charge >= 0.3 is 12.2 Å². The molecule has 0 saturated carbocycles. The fourth-order valence-corrected chi connectivity index (χ4v) is 3.36. The number of carbonyl (C=O) groups excluding carboxylic acids is 3. The summed E-state index contributed by atoms with van der Waals surface area (Å²) in [5, 5.41) is 0. The summed E-state index contributed by atoms with van der Waals surface area (Å²) >= 11 is 0. The Labute approximate surface area is 171 Å². The Morgan fingerprint density at radius 2 is 2.00 bits per heavy atom. The Morgan fingerprint density at radius 1 is 1.20 bits per heavy atom. The zero-order valence-electron chi connectivity index (χ0n) is 16.4. The van der Waals surface area contributed by atoms with E-state index in [2.05, 4.69) is 4.98 Å². The van der Waals surface area contributed by atoms with Crippen molar-refractivity contribution in [1.82, 2.24) is 9.88 Å². The van der Waals surface area contributed by atoms with E-state index in [1.807, 2.05) is 0 Å². The molecule has 2 fully saturated rings. The molecule has 3 heterocycles. The molecule has 4 rings (SSSR count). The molecule has 0 spiro atoms. The van der Waals surface area contributed by atoms with Crippen LogP contribution in [0.5, 0.6) is 0 Å². The first-order valence-electron chi connectivity index (χ1n) is 9.27. The van der Waals surface area contributed by atoms with Crippen LogP contribution in [0.15, 0.2) is 36.5 Å². The van der Waals surface area contributed by atoms with Crippen LogP contribution in [0, 0.1) is 5.82 Å². The number of rotatable bonds is 4. The molecule has 2 aliphatic rings. The Hall–Kier alpha value is -3.69. The molecule has 10 heteroatoms. The first-order chi connectivity index (χ1) is 14.4. The van der Waals surface area contributed by atoms with Crippen molar-refractivity contribution in [2.75, 3.05) is 36.5 Å². The van der Waals surface area contributed by atoms with Gasteiger partial charge in [-0.05, 0) is 30.3 Å². The summed E-state index contributed by atoms with van der Waals surface area (Å²) in [4.78, 5) is 43.8. The third kappa shape index (κ3) is 3.40. The SMILES string of the molecule is CC(=O)N(C)[C@@H]1CN(c2ccc(-c3cccnc3N3CCOC3=O)c(F)c2)C(=O)O1. The van der Waals surface area contributed by atoms with Crippen LogP contribution in [0.25, 0.3) is 11.1 Å². The van der Waals surface area contributed by atoms with Crippen molar-refractivity contribution in [1.29, 1.82) is 0 Å². The van der Waals surface area contributed by atoms with Crippen molar-refractivity contribution >= 4 is 29.6 Å². The van der Waals surface area contributed by atoms with Gasteiger partial charge in [-0.3, -0.25) is 14.6 Å². The van der Waals surface area contributed by atoms with Gasteiger partial charge < -0.3 is 14.4 Å². The second-order valence-corrected chi connectivity index (χ2v) is 6.88. The standard InChI is InChI=1S/C20H19FN4O5/c1-12(26)23(2)17-11-25(20(28)30-17)13-5-6-14(16(21)10-13)15-4-3-7-22-18(15)24-8-9-29-19(24)27/h3-7,10,17H,8-9,11H2,1-2H3/t17-/m0/s1. The molecule has 3 amide bonds. The van der Waals surface area contributed by atoms with Crippen molar-refractivity contribution in [3.63, 3.8) is 0 Å². The maximum Gasteiger partial charge on any atom is 0.416 e. The number of halogens is 1. The molecule has 1 atom stereocenters. The summed E-state index contributed by atoms with van der Waals surface area (Å²) in [6, 6.07) is 7.62. The predicted octanol–water partition coefficient (Wildman–Crippen LogP) is 2.61. The zero-order chi connectivity index (χ0) is 21.4. The Bertz CT molecular complexity index is 1030. The maximum absolute atomic E-state index is 15.1. The molecule has 0 aliphatic carbocycles. The van der Waals surface area contributed by atoms with E-state index in [-0.39, 0.29) is 24.6 Å². The summed E-state index contributed by atoms with van der Waals surface area (Å²) in [6.45, 7) is 2.02. The number of benzene rings is 1. The lowest BCUT2D eigenvalue weighted by Gasteiger charge is -2.21. The van der Waals surface area contributed by atoms with Gasteiger partial charge in [0, 0.05) is 31.3 Å². The first kappa shape index (κ1) is 19.6. The van der Waals surface area contributed by atoms with Gasteiger partial charge in [0.1, 0.15) is 18.2 Å². The number of carbonyl (C=O) groups is 3. The highest BCUT2D eigenvalue weighted by Gasteiger charge is 2.36. The Morgan fingerprint density at radius 3 is 2.67 bits per heavy atom. The average molecular weight is 414 g/mol. The van der Waals surface area contributed by atoms with Gasteiger partial charge in [0.05, 0.1) is 18.8 Å². The lowest BCUT2D eigenvalue weighted by Crippen LogP contribution is -2.38. The lowest BCUT2D eigenvalue weighted by molar-refractivity contribution is -0.134. The van der Waals surface area contributed by atoms with E-state index in [0.717, 1.165) is 0 Å². The van der Waals surface area contributed by atoms with Gasteiger partial charge in [-0.25, -0.2) is 19.0 Å². The van der Waals surface area contributed by atoms with Crippen LogP contribution in [0.3, 0.4) is 0 Å². The molecule has 2 aliphatic heterocycles. The molecule has 0 radical (unpaired) electrons. The highest BCUT2D eigenvalue weighted by Crippen LogP contribution is 2.34. The van der Waals surface area contributed by atoms with E-state index in [9.17, 15) is 14.4 Å². The Kier molecular flexibility index (Phi) is 4.98. The molecule has 1 aromatic carbocycles. The van der Waals surface area contributed by atoms with E-state index in [1.54, 1.807) is 18.2 Å². The van der Waals surface area contributed by atoms with Crippen molar-refractivity contribution in [2.24, 2.45) is 0 Å². The molecule has 1 aromatic heterocycles. The normalized spacial score (nSPS) is 18.4. The van der Waals surface area contributed by atoms with Crippen LogP contribution in [0.2, 0.25) is 0 Å². The summed E-state index contributed by atoms with van der Waals surface area (Å²) in [5.74, 6) is -0.540. The number of aromatic nitrogens is 1. The van der Waals surface area contributed by atoms with Crippen LogP contribution >= 0.6 is 0 Å². The number of nitrogens with zero attached hydrogens (tertiary/aromatic N) is 4. The van der Waals surface area contributed by atoms with Crippen LogP contribution < -0.4 is 9.80 Å². The highest BCUT2D eigenvalue weighted by molar-refractivity contribution is 5.94. The number of cyclic esters (lactones) is 2. The largest absolute Gasteiger partial charge is 0.447 e. The summed E-state index contributed by atoms with van der Waals surface area (Å²) in [7, 11) is 1.53. The summed E-state index contributed by atoms with van der Waals surface area (Å²) < 4.78 is 25.2. The van der Waals surface area contributed by atoms with Crippen molar-refractivity contribution < 1.29 is 28.2 Å². The quantitative estimate of drug-likeness (QED) is 0.764. The zero-order valence-corrected chi connectivity index (χ0v) is 16.4. The number of hydrogen-bond donors (Lipinski definition) is 0. The molecule has 156 valence electrons. The molecule has 0 bridgehead atoms. The van der Waals surface area contributed by atoms with Gasteiger partial charge in [-0.1, -0.05) is 0 Å². The van der Waals surface area contributed by atoms with E-state index in [1.165, 1.54) is 47.0 Å².